The third kappa shape index (κ3) is 3.75. The first kappa shape index (κ1) is 17.0. The van der Waals surface area contributed by atoms with Crippen molar-refractivity contribution in [2.75, 3.05) is 26.2 Å². The Morgan fingerprint density at radius 3 is 2.92 bits per heavy atom. The molecule has 2 atom stereocenters. The van der Waals surface area contributed by atoms with Crippen LogP contribution in [-0.4, -0.2) is 54.1 Å². The Hall–Kier alpha value is -1.39. The summed E-state index contributed by atoms with van der Waals surface area (Å²) in [5.74, 6) is 0.289. The molecule has 1 amide bonds. The van der Waals surface area contributed by atoms with Crippen molar-refractivity contribution in [1.29, 1.82) is 0 Å². The van der Waals surface area contributed by atoms with Gasteiger partial charge in [0.1, 0.15) is 0 Å². The summed E-state index contributed by atoms with van der Waals surface area (Å²) in [5.41, 5.74) is 2.94. The number of carbonyl (C=O) groups excluding carboxylic acids is 1. The maximum Gasteiger partial charge on any atom is 0.236 e. The number of rotatable bonds is 5. The lowest BCUT2D eigenvalue weighted by molar-refractivity contribution is -0.141. The van der Waals surface area contributed by atoms with Crippen LogP contribution < -0.4 is 0 Å². The van der Waals surface area contributed by atoms with Gasteiger partial charge in [-0.25, -0.2) is 0 Å². The standard InChI is InChI=1S/C21H30N2O2/c1-2-18-14-22(12-13-25-18)21(24)15-23(17-10-11-17)20-9-5-7-16-6-3-4-8-19(16)20/h3-4,6,8,17-18,20H,2,5,7,9-15H2,1H3. The van der Waals surface area contributed by atoms with Gasteiger partial charge in [0, 0.05) is 25.2 Å². The Morgan fingerprint density at radius 2 is 2.12 bits per heavy atom. The van der Waals surface area contributed by atoms with Crippen LogP contribution in [0, 0.1) is 0 Å². The largest absolute Gasteiger partial charge is 0.375 e. The summed E-state index contributed by atoms with van der Waals surface area (Å²) in [4.78, 5) is 17.5. The number of morpholine rings is 1. The number of amides is 1. The number of nitrogens with zero attached hydrogens (tertiary/aromatic N) is 2. The number of ether oxygens (including phenoxy) is 1. The van der Waals surface area contributed by atoms with Crippen LogP contribution in [-0.2, 0) is 16.0 Å². The van der Waals surface area contributed by atoms with E-state index in [1.165, 1.54) is 43.2 Å². The predicted octanol–water partition coefficient (Wildman–Crippen LogP) is 3.17. The van der Waals surface area contributed by atoms with Crippen molar-refractivity contribution >= 4 is 5.91 Å². The van der Waals surface area contributed by atoms with E-state index in [-0.39, 0.29) is 12.0 Å². The summed E-state index contributed by atoms with van der Waals surface area (Å²) < 4.78 is 5.73. The lowest BCUT2D eigenvalue weighted by atomic mass is 9.86. The lowest BCUT2D eigenvalue weighted by Gasteiger charge is -2.38. The van der Waals surface area contributed by atoms with E-state index in [9.17, 15) is 4.79 Å². The fourth-order valence-corrected chi connectivity index (χ4v) is 4.42. The number of fused-ring (bicyclic) bond motifs is 1. The maximum absolute atomic E-state index is 13.0. The van der Waals surface area contributed by atoms with Crippen LogP contribution in [0.5, 0.6) is 0 Å². The molecule has 1 saturated heterocycles. The van der Waals surface area contributed by atoms with E-state index in [2.05, 4.69) is 36.1 Å². The monoisotopic (exact) mass is 342 g/mol. The quantitative estimate of drug-likeness (QED) is 0.824. The summed E-state index contributed by atoms with van der Waals surface area (Å²) in [6.45, 7) is 4.89. The molecular formula is C21H30N2O2. The highest BCUT2D eigenvalue weighted by Crippen LogP contribution is 2.40. The zero-order chi connectivity index (χ0) is 17.2. The van der Waals surface area contributed by atoms with Gasteiger partial charge in [0.05, 0.1) is 19.3 Å². The molecular weight excluding hydrogens is 312 g/mol. The SMILES string of the molecule is CCC1CN(C(=O)CN(C2CC2)C2CCCc3ccccc32)CCO1. The van der Waals surface area contributed by atoms with Gasteiger partial charge < -0.3 is 9.64 Å². The Kier molecular flexibility index (Phi) is 5.09. The Balaban J connectivity index is 1.48. The molecule has 0 bridgehead atoms. The molecule has 2 aliphatic carbocycles. The second kappa shape index (κ2) is 7.46. The number of hydrogen-bond acceptors (Lipinski definition) is 3. The zero-order valence-corrected chi connectivity index (χ0v) is 15.3. The Labute approximate surface area is 151 Å². The molecule has 2 fully saturated rings. The molecule has 3 aliphatic rings. The highest BCUT2D eigenvalue weighted by atomic mass is 16.5. The topological polar surface area (TPSA) is 32.8 Å². The first-order valence-electron chi connectivity index (χ1n) is 9.99. The molecule has 136 valence electrons. The molecule has 1 aromatic rings. The van der Waals surface area contributed by atoms with Crippen molar-refractivity contribution in [2.24, 2.45) is 0 Å². The number of benzene rings is 1. The van der Waals surface area contributed by atoms with E-state index in [1.807, 2.05) is 4.90 Å². The van der Waals surface area contributed by atoms with Gasteiger partial charge in [0.25, 0.3) is 0 Å². The maximum atomic E-state index is 13.0. The van der Waals surface area contributed by atoms with Crippen molar-refractivity contribution in [2.45, 2.75) is 63.6 Å². The van der Waals surface area contributed by atoms with Crippen LogP contribution in [0.25, 0.3) is 0 Å². The normalized spacial score (nSPS) is 26.6. The van der Waals surface area contributed by atoms with E-state index in [0.29, 0.717) is 25.2 Å². The third-order valence-electron chi connectivity index (χ3n) is 6.02. The van der Waals surface area contributed by atoms with Crippen LogP contribution in [0.4, 0.5) is 0 Å². The molecule has 0 radical (unpaired) electrons. The van der Waals surface area contributed by atoms with E-state index in [4.69, 9.17) is 4.74 Å². The fraction of sp³-hybridized carbons (Fsp3) is 0.667. The molecule has 1 aromatic carbocycles. The molecule has 0 spiro atoms. The molecule has 0 N–H and O–H groups in total. The molecule has 2 unspecified atom stereocenters. The molecule has 4 nitrogen and oxygen atoms in total. The first-order chi connectivity index (χ1) is 12.3. The molecule has 1 saturated carbocycles. The summed E-state index contributed by atoms with van der Waals surface area (Å²) in [7, 11) is 0. The van der Waals surface area contributed by atoms with Crippen molar-refractivity contribution in [3.05, 3.63) is 35.4 Å². The van der Waals surface area contributed by atoms with Gasteiger partial charge in [-0.2, -0.15) is 0 Å². The van der Waals surface area contributed by atoms with Gasteiger partial charge in [-0.1, -0.05) is 31.2 Å². The van der Waals surface area contributed by atoms with Gasteiger partial charge in [-0.15, -0.1) is 0 Å². The van der Waals surface area contributed by atoms with Crippen molar-refractivity contribution < 1.29 is 9.53 Å². The van der Waals surface area contributed by atoms with Crippen LogP contribution in [0.15, 0.2) is 24.3 Å². The number of aryl methyl sites for hydroxylation is 1. The minimum Gasteiger partial charge on any atom is -0.375 e. The lowest BCUT2D eigenvalue weighted by Crippen LogP contribution is -2.50. The first-order valence-corrected chi connectivity index (χ1v) is 9.99. The Bertz CT molecular complexity index is 614. The van der Waals surface area contributed by atoms with Gasteiger partial charge in [-0.05, 0) is 49.7 Å². The summed E-state index contributed by atoms with van der Waals surface area (Å²) in [6, 6.07) is 9.86. The summed E-state index contributed by atoms with van der Waals surface area (Å²) >= 11 is 0. The average molecular weight is 342 g/mol. The van der Waals surface area contributed by atoms with Crippen molar-refractivity contribution in [3.63, 3.8) is 0 Å². The summed E-state index contributed by atoms with van der Waals surface area (Å²) in [5, 5.41) is 0. The van der Waals surface area contributed by atoms with Crippen LogP contribution in [0.1, 0.15) is 56.2 Å². The average Bonchev–Trinajstić information content (AvgIpc) is 3.51. The van der Waals surface area contributed by atoms with Crippen LogP contribution in [0.2, 0.25) is 0 Å². The van der Waals surface area contributed by atoms with E-state index < -0.39 is 0 Å². The zero-order valence-electron chi connectivity index (χ0n) is 15.3. The van der Waals surface area contributed by atoms with E-state index in [0.717, 1.165) is 19.5 Å². The minimum absolute atomic E-state index is 0.211. The molecule has 0 aromatic heterocycles. The van der Waals surface area contributed by atoms with Gasteiger partial charge in [0.15, 0.2) is 0 Å². The van der Waals surface area contributed by atoms with Gasteiger partial charge in [0.2, 0.25) is 5.91 Å². The number of carbonyl (C=O) groups is 1. The highest BCUT2D eigenvalue weighted by molar-refractivity contribution is 5.78. The second-order valence-electron chi connectivity index (χ2n) is 7.75. The number of hydrogen-bond donors (Lipinski definition) is 0. The van der Waals surface area contributed by atoms with Gasteiger partial charge in [-0.3, -0.25) is 9.69 Å². The smallest absolute Gasteiger partial charge is 0.236 e. The van der Waals surface area contributed by atoms with E-state index >= 15 is 0 Å². The Morgan fingerprint density at radius 1 is 1.28 bits per heavy atom. The van der Waals surface area contributed by atoms with E-state index in [1.54, 1.807) is 0 Å². The van der Waals surface area contributed by atoms with Crippen molar-refractivity contribution in [1.82, 2.24) is 9.80 Å². The second-order valence-corrected chi connectivity index (χ2v) is 7.75. The summed E-state index contributed by atoms with van der Waals surface area (Å²) in [6.07, 6.45) is 7.27. The predicted molar refractivity (Wildman–Crippen MR) is 98.5 cm³/mol. The van der Waals surface area contributed by atoms with Gasteiger partial charge >= 0.3 is 0 Å². The molecule has 1 heterocycles. The van der Waals surface area contributed by atoms with Crippen molar-refractivity contribution in [3.8, 4) is 0 Å². The molecule has 1 aliphatic heterocycles. The molecule has 25 heavy (non-hydrogen) atoms. The van der Waals surface area contributed by atoms with Crippen LogP contribution in [0.3, 0.4) is 0 Å². The third-order valence-corrected chi connectivity index (χ3v) is 6.02. The van der Waals surface area contributed by atoms with Crippen LogP contribution >= 0.6 is 0 Å². The fourth-order valence-electron chi connectivity index (χ4n) is 4.42. The molecule has 4 heteroatoms. The molecule has 4 rings (SSSR count). The minimum atomic E-state index is 0.211. The highest BCUT2D eigenvalue weighted by Gasteiger charge is 2.38.